The van der Waals surface area contributed by atoms with Gasteiger partial charge in [0.2, 0.25) is 5.91 Å². The molecule has 1 aliphatic heterocycles. The van der Waals surface area contributed by atoms with E-state index in [1.54, 1.807) is 14.7 Å². The fraction of sp³-hybridized carbons (Fsp3) is 0.667. The number of carboxylic acid groups (broad SMARTS) is 3. The molecule has 0 spiro atoms. The zero-order valence-corrected chi connectivity index (χ0v) is 28.6. The molecule has 1 amide bonds. The van der Waals surface area contributed by atoms with Crippen LogP contribution in [0.1, 0.15) is 52.7 Å². The molecule has 0 radical (unpaired) electrons. The van der Waals surface area contributed by atoms with Crippen LogP contribution in [0.25, 0.3) is 0 Å². The van der Waals surface area contributed by atoms with E-state index >= 15 is 0 Å². The summed E-state index contributed by atoms with van der Waals surface area (Å²) in [5, 5.41) is 31.3. The topological polar surface area (TPSA) is 154 Å². The molecular formula is C30H49GdN5O7. The fourth-order valence-corrected chi connectivity index (χ4v) is 4.95. The number of amides is 1. The number of hydrogen-bond acceptors (Lipinski definition) is 8. The maximum absolute atomic E-state index is 13.4. The fourth-order valence-electron chi connectivity index (χ4n) is 4.95. The number of carboxylic acids is 3. The summed E-state index contributed by atoms with van der Waals surface area (Å²) in [7, 11) is 0. The summed E-state index contributed by atoms with van der Waals surface area (Å²) in [6.07, 6.45) is 0. The van der Waals surface area contributed by atoms with Crippen molar-refractivity contribution in [2.45, 2.75) is 52.4 Å². The number of nitrogens with zero attached hydrogens (tertiary/aromatic N) is 4. The maximum atomic E-state index is 13.4. The number of carbonyl (C=O) groups is 4. The van der Waals surface area contributed by atoms with Gasteiger partial charge in [-0.2, -0.15) is 0 Å². The molecule has 1 aromatic rings. The molecule has 1 saturated heterocycles. The largest absolute Gasteiger partial charge is 0.480 e. The van der Waals surface area contributed by atoms with E-state index in [1.807, 2.05) is 11.0 Å². The van der Waals surface area contributed by atoms with Gasteiger partial charge in [0, 0.05) is 98.0 Å². The molecule has 1 aromatic carbocycles. The van der Waals surface area contributed by atoms with Gasteiger partial charge in [-0.15, -0.1) is 0 Å². The Bertz CT molecular complexity index is 1070. The third-order valence-corrected chi connectivity index (χ3v) is 7.34. The van der Waals surface area contributed by atoms with Crippen molar-refractivity contribution in [3.63, 3.8) is 0 Å². The second-order valence-electron chi connectivity index (χ2n) is 13.1. The molecule has 0 aliphatic carbocycles. The van der Waals surface area contributed by atoms with Crippen LogP contribution in [-0.2, 0) is 30.0 Å². The van der Waals surface area contributed by atoms with Crippen molar-refractivity contribution in [3.8, 4) is 0 Å². The summed E-state index contributed by atoms with van der Waals surface area (Å²) < 4.78 is 0. The molecule has 1 heterocycles. The van der Waals surface area contributed by atoms with Gasteiger partial charge in [0.25, 0.3) is 0 Å². The van der Waals surface area contributed by atoms with Crippen LogP contribution in [0.3, 0.4) is 0 Å². The normalized spacial score (nSPS) is 17.3. The summed E-state index contributed by atoms with van der Waals surface area (Å²) in [4.78, 5) is 55.0. The van der Waals surface area contributed by atoms with Crippen molar-refractivity contribution in [3.05, 3.63) is 29.3 Å². The Labute approximate surface area is 287 Å². The Kier molecular flexibility index (Phi) is 16.1. The van der Waals surface area contributed by atoms with E-state index in [-0.39, 0.29) is 82.9 Å². The number of anilines is 1. The molecule has 0 unspecified atom stereocenters. The molecule has 1 aliphatic rings. The van der Waals surface area contributed by atoms with Crippen LogP contribution < -0.4 is 5.32 Å². The van der Waals surface area contributed by atoms with Gasteiger partial charge < -0.3 is 20.6 Å². The zero-order chi connectivity index (χ0) is 31.7. The van der Waals surface area contributed by atoms with Crippen LogP contribution in [0.4, 0.5) is 5.69 Å². The number of benzene rings is 1. The standard InChI is InChI=1S/C30H49N5O7.Gd/c1-29(2,3)22-7-8-23(30(4,5)6)24(17-22)31-25(36)18-32-9-11-33(19-26(37)38)13-15-35(21-28(41)42)16-14-34(12-10-32)20-27(39)40;/h7-8,17H,9-16,18-21H2,1-6H3,(H,31,36)(H,37,38)(H,39,40)(H,41,42);. The van der Waals surface area contributed by atoms with Gasteiger partial charge in [-0.05, 0) is 28.0 Å². The SMILES string of the molecule is CC(C)(C)c1ccc(C(C)(C)C)c(NC(=O)CN2CCN(CC(=O)O)CCN(CC(=O)O)CCN(CC(=O)O)CC2)c1.[Gd]. The molecule has 12 nitrogen and oxygen atoms in total. The minimum Gasteiger partial charge on any atom is -0.480 e. The van der Waals surface area contributed by atoms with Gasteiger partial charge in [0.1, 0.15) is 0 Å². The summed E-state index contributed by atoms with van der Waals surface area (Å²) in [5.74, 6) is -3.19. The maximum Gasteiger partial charge on any atom is 0.317 e. The quantitative estimate of drug-likeness (QED) is 0.292. The van der Waals surface area contributed by atoms with Gasteiger partial charge in [0.05, 0.1) is 26.2 Å². The number of hydrogen-bond donors (Lipinski definition) is 4. The van der Waals surface area contributed by atoms with E-state index in [4.69, 9.17) is 0 Å². The average Bonchev–Trinajstić information content (AvgIpc) is 2.83. The van der Waals surface area contributed by atoms with Gasteiger partial charge in [-0.3, -0.25) is 38.8 Å². The van der Waals surface area contributed by atoms with Crippen LogP contribution in [0, 0.1) is 39.9 Å². The Balaban J connectivity index is 0.00000924. The molecule has 0 saturated carbocycles. The van der Waals surface area contributed by atoms with Crippen molar-refractivity contribution in [2.75, 3.05) is 83.9 Å². The number of nitrogens with one attached hydrogen (secondary N) is 1. The minimum absolute atomic E-state index is 0. The summed E-state index contributed by atoms with van der Waals surface area (Å²) in [6, 6.07) is 6.19. The summed E-state index contributed by atoms with van der Waals surface area (Å²) in [5.41, 5.74) is 2.57. The van der Waals surface area contributed by atoms with E-state index in [1.165, 1.54) is 0 Å². The van der Waals surface area contributed by atoms with E-state index in [0.29, 0.717) is 52.4 Å². The van der Waals surface area contributed by atoms with Gasteiger partial charge in [0.15, 0.2) is 0 Å². The van der Waals surface area contributed by atoms with Crippen LogP contribution in [0.15, 0.2) is 18.2 Å². The second-order valence-corrected chi connectivity index (χ2v) is 13.1. The predicted octanol–water partition coefficient (Wildman–Crippen LogP) is 1.70. The van der Waals surface area contributed by atoms with Crippen LogP contribution in [0.5, 0.6) is 0 Å². The molecule has 4 N–H and O–H groups in total. The van der Waals surface area contributed by atoms with Gasteiger partial charge in [-0.1, -0.05) is 53.7 Å². The monoisotopic (exact) mass is 749 g/mol. The first kappa shape index (κ1) is 39.3. The number of aliphatic carboxylic acids is 3. The Morgan fingerprint density at radius 3 is 1.28 bits per heavy atom. The van der Waals surface area contributed by atoms with Crippen LogP contribution >= 0.6 is 0 Å². The molecule has 1 fully saturated rings. The Hall–Kier alpha value is -1.74. The first-order chi connectivity index (χ1) is 19.4. The number of rotatable bonds is 9. The van der Waals surface area contributed by atoms with Crippen molar-refractivity contribution >= 4 is 29.5 Å². The summed E-state index contributed by atoms with van der Waals surface area (Å²) in [6.45, 7) is 14.8. The first-order valence-electron chi connectivity index (χ1n) is 14.4. The molecule has 0 bridgehead atoms. The predicted molar refractivity (Wildman–Crippen MR) is 161 cm³/mol. The first-order valence-corrected chi connectivity index (χ1v) is 14.4. The summed E-state index contributed by atoms with van der Waals surface area (Å²) >= 11 is 0. The zero-order valence-electron chi connectivity index (χ0n) is 26.3. The Morgan fingerprint density at radius 1 is 0.628 bits per heavy atom. The van der Waals surface area contributed by atoms with Crippen molar-refractivity contribution < 1.29 is 74.4 Å². The average molecular weight is 749 g/mol. The third-order valence-electron chi connectivity index (χ3n) is 7.34. The van der Waals surface area contributed by atoms with Crippen LogP contribution in [-0.4, -0.2) is 137 Å². The molecule has 43 heavy (non-hydrogen) atoms. The van der Waals surface area contributed by atoms with Gasteiger partial charge in [-0.25, -0.2) is 0 Å². The molecule has 244 valence electrons. The molecule has 13 heteroatoms. The molecule has 0 atom stereocenters. The molecule has 2 rings (SSSR count). The van der Waals surface area contributed by atoms with Crippen molar-refractivity contribution in [1.29, 1.82) is 0 Å². The molecule has 0 aromatic heterocycles. The van der Waals surface area contributed by atoms with E-state index in [9.17, 15) is 34.5 Å². The van der Waals surface area contributed by atoms with E-state index in [2.05, 4.69) is 59.0 Å². The third kappa shape index (κ3) is 14.7. The van der Waals surface area contributed by atoms with E-state index in [0.717, 1.165) is 16.8 Å². The van der Waals surface area contributed by atoms with Crippen molar-refractivity contribution in [2.24, 2.45) is 0 Å². The minimum atomic E-state index is -1.00. The Morgan fingerprint density at radius 2 is 0.977 bits per heavy atom. The van der Waals surface area contributed by atoms with Gasteiger partial charge >= 0.3 is 17.9 Å². The number of carbonyl (C=O) groups excluding carboxylic acids is 1. The van der Waals surface area contributed by atoms with E-state index < -0.39 is 17.9 Å². The second kappa shape index (κ2) is 17.7. The molecular weight excluding hydrogens is 700 g/mol. The van der Waals surface area contributed by atoms with Crippen LogP contribution in [0.2, 0.25) is 0 Å². The van der Waals surface area contributed by atoms with Crippen molar-refractivity contribution in [1.82, 2.24) is 19.6 Å². The smallest absolute Gasteiger partial charge is 0.317 e.